The van der Waals surface area contributed by atoms with Crippen LogP contribution >= 0.6 is 0 Å². The molecule has 1 aromatic carbocycles. The predicted octanol–water partition coefficient (Wildman–Crippen LogP) is 1.16. The summed E-state index contributed by atoms with van der Waals surface area (Å²) in [6.07, 6.45) is 0.767. The van der Waals surface area contributed by atoms with E-state index in [1.807, 2.05) is 0 Å². The fourth-order valence-corrected chi connectivity index (χ4v) is 3.80. The highest BCUT2D eigenvalue weighted by Gasteiger charge is 2.36. The largest absolute Gasteiger partial charge is 0.444 e. The van der Waals surface area contributed by atoms with Gasteiger partial charge in [-0.25, -0.2) is 4.79 Å². The smallest absolute Gasteiger partial charge is 0.408 e. The van der Waals surface area contributed by atoms with Crippen molar-refractivity contribution < 1.29 is 28.7 Å². The van der Waals surface area contributed by atoms with Gasteiger partial charge in [-0.15, -0.1) is 0 Å². The molecule has 0 unspecified atom stereocenters. The van der Waals surface area contributed by atoms with Crippen molar-refractivity contribution in [1.82, 2.24) is 20.4 Å². The molecule has 178 valence electrons. The Labute approximate surface area is 192 Å². The quantitative estimate of drug-likeness (QED) is 0.617. The number of rotatable bonds is 6. The van der Waals surface area contributed by atoms with Crippen LogP contribution < -0.4 is 10.6 Å². The van der Waals surface area contributed by atoms with E-state index < -0.39 is 29.4 Å². The maximum atomic E-state index is 12.4. The summed E-state index contributed by atoms with van der Waals surface area (Å²) in [6, 6.07) is 6.51. The van der Waals surface area contributed by atoms with Gasteiger partial charge in [-0.1, -0.05) is 12.1 Å². The Morgan fingerprint density at radius 1 is 1.00 bits per heavy atom. The molecule has 5 amide bonds. The summed E-state index contributed by atoms with van der Waals surface area (Å²) in [5.41, 5.74) is -0.00287. The molecule has 0 aliphatic carbocycles. The number of ether oxygens (including phenoxy) is 1. The number of carbonyl (C=O) groups is 5. The lowest BCUT2D eigenvalue weighted by atomic mass is 9.96. The minimum atomic E-state index is -0.633. The van der Waals surface area contributed by atoms with Gasteiger partial charge in [0.15, 0.2) is 0 Å². The Morgan fingerprint density at radius 2 is 1.58 bits per heavy atom. The van der Waals surface area contributed by atoms with Crippen LogP contribution in [0.4, 0.5) is 4.79 Å². The lowest BCUT2D eigenvalue weighted by Crippen LogP contribution is -2.47. The third-order valence-electron chi connectivity index (χ3n) is 5.52. The number of nitrogens with one attached hydrogen (secondary N) is 2. The van der Waals surface area contributed by atoms with Crippen molar-refractivity contribution in [3.63, 3.8) is 0 Å². The molecule has 10 nitrogen and oxygen atoms in total. The van der Waals surface area contributed by atoms with Crippen LogP contribution in [-0.2, 0) is 14.3 Å². The topological polar surface area (TPSA) is 125 Å². The lowest BCUT2D eigenvalue weighted by Gasteiger charge is -2.32. The Balaban J connectivity index is 1.36. The number of nitrogens with zero attached hydrogens (tertiary/aromatic N) is 2. The number of alkyl carbamates (subject to hydrolysis) is 1. The molecule has 0 saturated carbocycles. The molecule has 0 atom stereocenters. The van der Waals surface area contributed by atoms with Crippen molar-refractivity contribution in [2.45, 2.75) is 39.2 Å². The van der Waals surface area contributed by atoms with Gasteiger partial charge >= 0.3 is 6.09 Å². The second-order valence-corrected chi connectivity index (χ2v) is 9.23. The van der Waals surface area contributed by atoms with Gasteiger partial charge in [-0.05, 0) is 51.7 Å². The summed E-state index contributed by atoms with van der Waals surface area (Å²) in [4.78, 5) is 63.7. The van der Waals surface area contributed by atoms with E-state index in [-0.39, 0.29) is 24.9 Å². The first-order valence-corrected chi connectivity index (χ1v) is 11.0. The van der Waals surface area contributed by atoms with Crippen molar-refractivity contribution in [1.29, 1.82) is 0 Å². The molecule has 10 heteroatoms. The normalized spacial score (nSPS) is 16.5. The van der Waals surface area contributed by atoms with Crippen LogP contribution in [0.3, 0.4) is 0 Å². The molecule has 33 heavy (non-hydrogen) atoms. The van der Waals surface area contributed by atoms with E-state index in [0.29, 0.717) is 43.6 Å². The third-order valence-corrected chi connectivity index (χ3v) is 5.52. The average molecular weight is 459 g/mol. The Kier molecular flexibility index (Phi) is 7.35. The van der Waals surface area contributed by atoms with Gasteiger partial charge in [0.1, 0.15) is 18.7 Å². The van der Waals surface area contributed by atoms with Crippen LogP contribution in [0.25, 0.3) is 0 Å². The Bertz CT molecular complexity index is 912. The number of amides is 5. The van der Waals surface area contributed by atoms with Crippen molar-refractivity contribution in [3.05, 3.63) is 35.4 Å². The van der Waals surface area contributed by atoms with Crippen molar-refractivity contribution >= 4 is 29.7 Å². The summed E-state index contributed by atoms with van der Waals surface area (Å²) >= 11 is 0. The van der Waals surface area contributed by atoms with Gasteiger partial charge in [0, 0.05) is 19.6 Å². The fourth-order valence-electron chi connectivity index (χ4n) is 3.80. The first kappa shape index (κ1) is 24.2. The molecule has 1 fully saturated rings. The predicted molar refractivity (Wildman–Crippen MR) is 118 cm³/mol. The fraction of sp³-hybridized carbons (Fsp3) is 0.522. The van der Waals surface area contributed by atoms with Gasteiger partial charge in [-0.3, -0.25) is 24.1 Å². The minimum Gasteiger partial charge on any atom is -0.444 e. The van der Waals surface area contributed by atoms with Gasteiger partial charge in [0.25, 0.3) is 11.8 Å². The minimum absolute atomic E-state index is 0.128. The standard InChI is InChI=1S/C23H30N4O6/c1-23(2,3)33-22(32)25-13-19(29)26-10-8-15(9-11-26)12-24-18(28)14-27-20(30)16-6-4-5-7-17(16)21(27)31/h4-7,15H,8-14H2,1-3H3,(H,24,28)(H,25,32). The zero-order valence-corrected chi connectivity index (χ0v) is 19.2. The molecular weight excluding hydrogens is 428 g/mol. The van der Waals surface area contributed by atoms with Crippen LogP contribution in [0.2, 0.25) is 0 Å². The number of piperidine rings is 1. The van der Waals surface area contributed by atoms with Crippen molar-refractivity contribution in [3.8, 4) is 0 Å². The van der Waals surface area contributed by atoms with Crippen LogP contribution in [0.5, 0.6) is 0 Å². The molecule has 2 aliphatic rings. The molecular formula is C23H30N4O6. The molecule has 1 aromatic rings. The number of fused-ring (bicyclic) bond motifs is 1. The summed E-state index contributed by atoms with van der Waals surface area (Å²) < 4.78 is 5.12. The number of benzene rings is 1. The van der Waals surface area contributed by atoms with E-state index in [9.17, 15) is 24.0 Å². The summed E-state index contributed by atoms with van der Waals surface area (Å²) in [5, 5.41) is 5.26. The second kappa shape index (κ2) is 10.0. The Hall–Kier alpha value is -3.43. The van der Waals surface area contributed by atoms with E-state index in [2.05, 4.69) is 10.6 Å². The molecule has 1 saturated heterocycles. The number of hydrogen-bond donors (Lipinski definition) is 2. The highest BCUT2D eigenvalue weighted by atomic mass is 16.6. The van der Waals surface area contributed by atoms with E-state index in [1.165, 1.54) is 0 Å². The number of carbonyl (C=O) groups excluding carboxylic acids is 5. The van der Waals surface area contributed by atoms with E-state index >= 15 is 0 Å². The first-order chi connectivity index (χ1) is 15.5. The molecule has 0 spiro atoms. The summed E-state index contributed by atoms with van der Waals surface area (Å²) in [6.45, 7) is 6.24. The van der Waals surface area contributed by atoms with Crippen LogP contribution in [0.15, 0.2) is 24.3 Å². The lowest BCUT2D eigenvalue weighted by molar-refractivity contribution is -0.131. The monoisotopic (exact) mass is 458 g/mol. The maximum absolute atomic E-state index is 12.4. The average Bonchev–Trinajstić information content (AvgIpc) is 3.00. The van der Waals surface area contributed by atoms with E-state index in [4.69, 9.17) is 4.74 Å². The zero-order chi connectivity index (χ0) is 24.2. The number of hydrogen-bond acceptors (Lipinski definition) is 6. The molecule has 0 bridgehead atoms. The highest BCUT2D eigenvalue weighted by molar-refractivity contribution is 6.22. The molecule has 3 rings (SSSR count). The molecule has 2 heterocycles. The number of likely N-dealkylation sites (tertiary alicyclic amines) is 1. The van der Waals surface area contributed by atoms with Crippen LogP contribution in [-0.4, -0.2) is 77.8 Å². The summed E-state index contributed by atoms with van der Waals surface area (Å²) in [5.74, 6) is -1.33. The molecule has 0 aromatic heterocycles. The highest BCUT2D eigenvalue weighted by Crippen LogP contribution is 2.22. The van der Waals surface area contributed by atoms with Gasteiger partial charge < -0.3 is 20.3 Å². The second-order valence-electron chi connectivity index (χ2n) is 9.23. The van der Waals surface area contributed by atoms with Gasteiger partial charge in [-0.2, -0.15) is 0 Å². The van der Waals surface area contributed by atoms with Gasteiger partial charge in [0.05, 0.1) is 11.1 Å². The SMILES string of the molecule is CC(C)(C)OC(=O)NCC(=O)N1CCC(CNC(=O)CN2C(=O)c3ccccc3C2=O)CC1. The van der Waals surface area contributed by atoms with Crippen LogP contribution in [0, 0.1) is 5.92 Å². The first-order valence-electron chi connectivity index (χ1n) is 11.0. The number of imide groups is 1. The van der Waals surface area contributed by atoms with Crippen molar-refractivity contribution in [2.24, 2.45) is 5.92 Å². The van der Waals surface area contributed by atoms with Crippen molar-refractivity contribution in [2.75, 3.05) is 32.7 Å². The molecule has 2 aliphatic heterocycles. The third kappa shape index (κ3) is 6.30. The molecule has 2 N–H and O–H groups in total. The summed E-state index contributed by atoms with van der Waals surface area (Å²) in [7, 11) is 0. The van der Waals surface area contributed by atoms with E-state index in [0.717, 1.165) is 4.90 Å². The van der Waals surface area contributed by atoms with E-state index in [1.54, 1.807) is 49.9 Å². The van der Waals surface area contributed by atoms with Crippen LogP contribution in [0.1, 0.15) is 54.3 Å². The van der Waals surface area contributed by atoms with Gasteiger partial charge in [0.2, 0.25) is 11.8 Å². The maximum Gasteiger partial charge on any atom is 0.408 e. The zero-order valence-electron chi connectivity index (χ0n) is 19.2. The molecule has 0 radical (unpaired) electrons. The Morgan fingerprint density at radius 3 is 2.12 bits per heavy atom.